The Morgan fingerprint density at radius 1 is 1.11 bits per heavy atom. The van der Waals surface area contributed by atoms with Crippen LogP contribution >= 0.6 is 0 Å². The molecule has 0 aliphatic carbocycles. The van der Waals surface area contributed by atoms with Gasteiger partial charge in [0, 0.05) is 30.1 Å². The second-order valence-corrected chi connectivity index (χ2v) is 6.82. The summed E-state index contributed by atoms with van der Waals surface area (Å²) in [7, 11) is 3.16. The van der Waals surface area contributed by atoms with Gasteiger partial charge < -0.3 is 31.3 Å². The van der Waals surface area contributed by atoms with Gasteiger partial charge in [-0.1, -0.05) is 6.92 Å². The lowest BCUT2D eigenvalue weighted by atomic mass is 9.97. The lowest BCUT2D eigenvalue weighted by molar-refractivity contribution is -0.117. The molecule has 0 aromatic heterocycles. The van der Waals surface area contributed by atoms with Gasteiger partial charge in [-0.2, -0.15) is 0 Å². The van der Waals surface area contributed by atoms with Gasteiger partial charge in [0.25, 0.3) is 0 Å². The van der Waals surface area contributed by atoms with Crippen molar-refractivity contribution in [1.82, 2.24) is 5.32 Å². The summed E-state index contributed by atoms with van der Waals surface area (Å²) < 4.78 is 5.53. The SMILES string of the molecule is CCC1C(=O)Nc2cc3c(cc21)NC(c1ccc(NC(=O)NC)cc1OC)N3. The van der Waals surface area contributed by atoms with Crippen LogP contribution in [0.3, 0.4) is 0 Å². The van der Waals surface area contributed by atoms with Gasteiger partial charge in [-0.05, 0) is 36.2 Å². The van der Waals surface area contributed by atoms with Crippen LogP contribution in [-0.2, 0) is 4.79 Å². The van der Waals surface area contributed by atoms with E-state index in [9.17, 15) is 9.59 Å². The van der Waals surface area contributed by atoms with E-state index in [1.54, 1.807) is 20.2 Å². The van der Waals surface area contributed by atoms with E-state index in [0.717, 1.165) is 34.6 Å². The first-order chi connectivity index (χ1) is 13.5. The third-order valence-electron chi connectivity index (χ3n) is 5.18. The number of rotatable bonds is 4. The first-order valence-corrected chi connectivity index (χ1v) is 9.22. The summed E-state index contributed by atoms with van der Waals surface area (Å²) in [6, 6.07) is 9.24. The van der Waals surface area contributed by atoms with Gasteiger partial charge in [-0.25, -0.2) is 4.79 Å². The van der Waals surface area contributed by atoms with Crippen molar-refractivity contribution in [2.24, 2.45) is 0 Å². The highest BCUT2D eigenvalue weighted by Crippen LogP contribution is 2.45. The van der Waals surface area contributed by atoms with Crippen LogP contribution in [0.2, 0.25) is 0 Å². The highest BCUT2D eigenvalue weighted by atomic mass is 16.5. The molecule has 5 N–H and O–H groups in total. The first-order valence-electron chi connectivity index (χ1n) is 9.22. The molecule has 2 unspecified atom stereocenters. The molecule has 8 nitrogen and oxygen atoms in total. The number of carbonyl (C=O) groups excluding carboxylic acids is 2. The number of anilines is 4. The Labute approximate surface area is 163 Å². The summed E-state index contributed by atoms with van der Waals surface area (Å²) in [6.45, 7) is 2.01. The summed E-state index contributed by atoms with van der Waals surface area (Å²) in [4.78, 5) is 23.6. The second kappa shape index (κ2) is 6.95. The van der Waals surface area contributed by atoms with Gasteiger partial charge in [-0.15, -0.1) is 0 Å². The molecule has 0 bridgehead atoms. The van der Waals surface area contributed by atoms with Crippen molar-refractivity contribution >= 4 is 34.7 Å². The molecule has 0 saturated carbocycles. The Bertz CT molecular complexity index is 959. The van der Waals surface area contributed by atoms with Crippen LogP contribution < -0.4 is 31.3 Å². The second-order valence-electron chi connectivity index (χ2n) is 6.82. The van der Waals surface area contributed by atoms with Crippen LogP contribution in [0.4, 0.5) is 27.5 Å². The van der Waals surface area contributed by atoms with Crippen LogP contribution in [0, 0.1) is 0 Å². The molecule has 2 aromatic carbocycles. The van der Waals surface area contributed by atoms with Crippen molar-refractivity contribution in [2.45, 2.75) is 25.4 Å². The van der Waals surface area contributed by atoms with Crippen LogP contribution in [0.5, 0.6) is 5.75 Å². The minimum Gasteiger partial charge on any atom is -0.496 e. The minimum absolute atomic E-state index is 0.0543. The Kier molecular flexibility index (Phi) is 4.46. The van der Waals surface area contributed by atoms with Crippen molar-refractivity contribution < 1.29 is 14.3 Å². The van der Waals surface area contributed by atoms with Crippen molar-refractivity contribution in [3.05, 3.63) is 41.5 Å². The fourth-order valence-corrected chi connectivity index (χ4v) is 3.74. The molecule has 2 aliphatic heterocycles. The zero-order chi connectivity index (χ0) is 19.8. The van der Waals surface area contributed by atoms with Crippen LogP contribution in [0.25, 0.3) is 0 Å². The van der Waals surface area contributed by atoms with Crippen molar-refractivity contribution in [1.29, 1.82) is 0 Å². The third kappa shape index (κ3) is 2.96. The molecular weight excluding hydrogens is 358 g/mol. The zero-order valence-electron chi connectivity index (χ0n) is 16.0. The maximum atomic E-state index is 12.1. The number of nitrogens with one attached hydrogen (secondary N) is 5. The number of ether oxygens (including phenoxy) is 1. The van der Waals surface area contributed by atoms with Crippen LogP contribution in [0.15, 0.2) is 30.3 Å². The van der Waals surface area contributed by atoms with Gasteiger partial charge in [0.1, 0.15) is 11.9 Å². The van der Waals surface area contributed by atoms with E-state index in [-0.39, 0.29) is 24.0 Å². The van der Waals surface area contributed by atoms with Crippen molar-refractivity contribution in [3.8, 4) is 5.75 Å². The summed E-state index contributed by atoms with van der Waals surface area (Å²) in [5, 5.41) is 15.1. The number of urea groups is 1. The molecule has 2 atom stereocenters. The van der Waals surface area contributed by atoms with Crippen LogP contribution in [0.1, 0.15) is 36.6 Å². The fourth-order valence-electron chi connectivity index (χ4n) is 3.74. The number of fused-ring (bicyclic) bond motifs is 2. The van der Waals surface area contributed by atoms with E-state index >= 15 is 0 Å². The molecule has 2 aromatic rings. The zero-order valence-corrected chi connectivity index (χ0v) is 16.0. The molecule has 0 fully saturated rings. The van der Waals surface area contributed by atoms with Gasteiger partial charge >= 0.3 is 6.03 Å². The Morgan fingerprint density at radius 2 is 1.86 bits per heavy atom. The smallest absolute Gasteiger partial charge is 0.318 e. The molecule has 0 radical (unpaired) electrons. The Hall–Kier alpha value is -3.42. The van der Waals surface area contributed by atoms with E-state index in [4.69, 9.17) is 4.74 Å². The van der Waals surface area contributed by atoms with E-state index in [0.29, 0.717) is 11.4 Å². The predicted octanol–water partition coefficient (Wildman–Crippen LogP) is 3.43. The van der Waals surface area contributed by atoms with Gasteiger partial charge in [0.05, 0.1) is 24.4 Å². The summed E-state index contributed by atoms with van der Waals surface area (Å²) >= 11 is 0. The standard InChI is InChI=1S/C20H23N5O3/c1-4-11-13-8-15-16(9-14(13)25-19(11)26)24-18(23-15)12-6-5-10(7-17(12)28-3)22-20(27)21-2/h5-9,11,18,23-24H,4H2,1-3H3,(H,25,26)(H2,21,22,27). The normalized spacial score (nSPS) is 19.0. The summed E-state index contributed by atoms with van der Waals surface area (Å²) in [5.41, 5.74) is 5.32. The number of benzene rings is 2. The monoisotopic (exact) mass is 381 g/mol. The Morgan fingerprint density at radius 3 is 2.54 bits per heavy atom. The largest absolute Gasteiger partial charge is 0.496 e. The lowest BCUT2D eigenvalue weighted by Crippen LogP contribution is -2.24. The molecular formula is C20H23N5O3. The lowest BCUT2D eigenvalue weighted by Gasteiger charge is -2.17. The topological polar surface area (TPSA) is 104 Å². The summed E-state index contributed by atoms with van der Waals surface area (Å²) in [5.74, 6) is 0.600. The van der Waals surface area contributed by atoms with Gasteiger partial charge in [-0.3, -0.25) is 4.79 Å². The molecule has 8 heteroatoms. The van der Waals surface area contributed by atoms with E-state index < -0.39 is 0 Å². The molecule has 2 aliphatic rings. The number of methoxy groups -OCH3 is 1. The molecule has 4 rings (SSSR count). The molecule has 146 valence electrons. The average molecular weight is 381 g/mol. The predicted molar refractivity (Wildman–Crippen MR) is 109 cm³/mol. The summed E-state index contributed by atoms with van der Waals surface area (Å²) in [6.07, 6.45) is 0.583. The highest BCUT2D eigenvalue weighted by molar-refractivity contribution is 6.04. The van der Waals surface area contributed by atoms with Crippen LogP contribution in [-0.4, -0.2) is 26.1 Å². The fraction of sp³-hybridized carbons (Fsp3) is 0.300. The van der Waals surface area contributed by atoms with E-state index in [1.807, 2.05) is 31.2 Å². The molecule has 0 saturated heterocycles. The number of hydrogen-bond acceptors (Lipinski definition) is 5. The maximum Gasteiger partial charge on any atom is 0.318 e. The first kappa shape index (κ1) is 18.0. The Balaban J connectivity index is 1.60. The van der Waals surface area contributed by atoms with E-state index in [1.165, 1.54) is 0 Å². The highest BCUT2D eigenvalue weighted by Gasteiger charge is 2.33. The average Bonchev–Trinajstić information content (AvgIpc) is 3.24. The molecule has 28 heavy (non-hydrogen) atoms. The quantitative estimate of drug-likeness (QED) is 0.558. The third-order valence-corrected chi connectivity index (χ3v) is 5.18. The maximum absolute atomic E-state index is 12.1. The number of carbonyl (C=O) groups is 2. The minimum atomic E-state index is -0.290. The molecule has 2 heterocycles. The number of amides is 3. The number of hydrogen-bond donors (Lipinski definition) is 5. The van der Waals surface area contributed by atoms with E-state index in [2.05, 4.69) is 26.6 Å². The van der Waals surface area contributed by atoms with Crippen molar-refractivity contribution in [3.63, 3.8) is 0 Å². The molecule has 3 amide bonds. The van der Waals surface area contributed by atoms with Gasteiger partial charge in [0.15, 0.2) is 0 Å². The molecule has 0 spiro atoms. The van der Waals surface area contributed by atoms with Gasteiger partial charge in [0.2, 0.25) is 5.91 Å². The van der Waals surface area contributed by atoms with Crippen molar-refractivity contribution in [2.75, 3.05) is 35.4 Å².